The molecule has 0 bridgehead atoms. The summed E-state index contributed by atoms with van der Waals surface area (Å²) in [5.74, 6) is -0.401. The third-order valence-electron chi connectivity index (χ3n) is 2.51. The molecule has 0 aliphatic rings. The number of nitrogens with two attached hydrogens (primary N) is 1. The summed E-state index contributed by atoms with van der Waals surface area (Å²) in [4.78, 5) is 11.9. The third-order valence-corrected chi connectivity index (χ3v) is 2.73. The SMILES string of the molecule is CCOC(=O)c1cnn(-c2ccccc2C(N)=S)c1. The van der Waals surface area contributed by atoms with Crippen molar-refractivity contribution in [1.29, 1.82) is 0 Å². The van der Waals surface area contributed by atoms with Crippen LogP contribution in [0.3, 0.4) is 0 Å². The van der Waals surface area contributed by atoms with Gasteiger partial charge in [-0.3, -0.25) is 0 Å². The van der Waals surface area contributed by atoms with Crippen LogP contribution >= 0.6 is 12.2 Å². The first-order chi connectivity index (χ1) is 9.13. The van der Waals surface area contributed by atoms with Crippen molar-refractivity contribution in [2.75, 3.05) is 6.61 Å². The molecule has 0 saturated heterocycles. The predicted molar refractivity (Wildman–Crippen MR) is 75.4 cm³/mol. The number of hydrogen-bond donors (Lipinski definition) is 1. The smallest absolute Gasteiger partial charge is 0.341 e. The fraction of sp³-hybridized carbons (Fsp3) is 0.154. The van der Waals surface area contributed by atoms with Crippen molar-refractivity contribution in [3.63, 3.8) is 0 Å². The van der Waals surface area contributed by atoms with Crippen LogP contribution < -0.4 is 5.73 Å². The monoisotopic (exact) mass is 275 g/mol. The zero-order chi connectivity index (χ0) is 13.8. The van der Waals surface area contributed by atoms with Gasteiger partial charge >= 0.3 is 5.97 Å². The van der Waals surface area contributed by atoms with E-state index in [2.05, 4.69) is 5.10 Å². The van der Waals surface area contributed by atoms with Gasteiger partial charge in [0.05, 0.1) is 24.1 Å². The molecular formula is C13H13N3O2S. The first-order valence-corrected chi connectivity index (χ1v) is 6.15. The van der Waals surface area contributed by atoms with Gasteiger partial charge in [0.25, 0.3) is 0 Å². The van der Waals surface area contributed by atoms with E-state index in [1.165, 1.54) is 6.20 Å². The van der Waals surface area contributed by atoms with Crippen LogP contribution in [0.4, 0.5) is 0 Å². The first-order valence-electron chi connectivity index (χ1n) is 5.74. The van der Waals surface area contributed by atoms with Crippen LogP contribution in [0.25, 0.3) is 5.69 Å². The van der Waals surface area contributed by atoms with Crippen molar-refractivity contribution < 1.29 is 9.53 Å². The Morgan fingerprint density at radius 1 is 1.47 bits per heavy atom. The Morgan fingerprint density at radius 2 is 2.21 bits per heavy atom. The second kappa shape index (κ2) is 5.62. The number of esters is 1. The van der Waals surface area contributed by atoms with Gasteiger partial charge < -0.3 is 10.5 Å². The lowest BCUT2D eigenvalue weighted by atomic mass is 10.2. The van der Waals surface area contributed by atoms with E-state index >= 15 is 0 Å². The Hall–Kier alpha value is -2.21. The maximum atomic E-state index is 11.6. The van der Waals surface area contributed by atoms with Gasteiger partial charge in [0, 0.05) is 11.8 Å². The molecule has 1 aromatic heterocycles. The van der Waals surface area contributed by atoms with Crippen LogP contribution in [0.5, 0.6) is 0 Å². The number of benzene rings is 1. The number of nitrogens with zero attached hydrogens (tertiary/aromatic N) is 2. The summed E-state index contributed by atoms with van der Waals surface area (Å²) >= 11 is 4.99. The lowest BCUT2D eigenvalue weighted by Crippen LogP contribution is -2.13. The summed E-state index contributed by atoms with van der Waals surface area (Å²) in [7, 11) is 0. The van der Waals surface area contributed by atoms with Crippen molar-refractivity contribution in [2.24, 2.45) is 5.73 Å². The molecule has 5 nitrogen and oxygen atoms in total. The van der Waals surface area contributed by atoms with E-state index in [4.69, 9.17) is 22.7 Å². The lowest BCUT2D eigenvalue weighted by molar-refractivity contribution is 0.0526. The van der Waals surface area contributed by atoms with Crippen LogP contribution in [0.2, 0.25) is 0 Å². The molecule has 0 aliphatic heterocycles. The standard InChI is InChI=1S/C13H13N3O2S/c1-2-18-13(17)9-7-15-16(8-9)11-6-4-3-5-10(11)12(14)19/h3-8H,2H2,1H3,(H2,14,19). The summed E-state index contributed by atoms with van der Waals surface area (Å²) in [6.07, 6.45) is 3.05. The minimum Gasteiger partial charge on any atom is -0.462 e. The van der Waals surface area contributed by atoms with Gasteiger partial charge in [0.1, 0.15) is 4.99 Å². The number of thiocarbonyl (C=S) groups is 1. The van der Waals surface area contributed by atoms with Crippen molar-refractivity contribution in [1.82, 2.24) is 9.78 Å². The van der Waals surface area contributed by atoms with E-state index in [1.807, 2.05) is 24.3 Å². The maximum absolute atomic E-state index is 11.6. The van der Waals surface area contributed by atoms with Crippen molar-refractivity contribution in [3.8, 4) is 5.69 Å². The average molecular weight is 275 g/mol. The average Bonchev–Trinajstić information content (AvgIpc) is 2.88. The van der Waals surface area contributed by atoms with Gasteiger partial charge in [-0.25, -0.2) is 9.48 Å². The van der Waals surface area contributed by atoms with Gasteiger partial charge in [0.15, 0.2) is 0 Å². The fourth-order valence-electron chi connectivity index (χ4n) is 1.66. The van der Waals surface area contributed by atoms with E-state index in [0.29, 0.717) is 17.7 Å². The highest BCUT2D eigenvalue weighted by Gasteiger charge is 2.12. The van der Waals surface area contributed by atoms with E-state index < -0.39 is 5.97 Å². The molecule has 0 atom stereocenters. The van der Waals surface area contributed by atoms with Gasteiger partial charge in [0.2, 0.25) is 0 Å². The summed E-state index contributed by atoms with van der Waals surface area (Å²) < 4.78 is 6.47. The Kier molecular flexibility index (Phi) is 3.91. The van der Waals surface area contributed by atoms with Crippen molar-refractivity contribution in [2.45, 2.75) is 6.92 Å². The lowest BCUT2D eigenvalue weighted by Gasteiger charge is -2.07. The zero-order valence-corrected chi connectivity index (χ0v) is 11.2. The van der Waals surface area contributed by atoms with Gasteiger partial charge in [-0.1, -0.05) is 24.4 Å². The molecule has 19 heavy (non-hydrogen) atoms. The van der Waals surface area contributed by atoms with Gasteiger partial charge in [-0.15, -0.1) is 0 Å². The Labute approximate surface area is 116 Å². The minimum atomic E-state index is -0.401. The first kappa shape index (κ1) is 13.2. The second-order valence-electron chi connectivity index (χ2n) is 3.78. The molecule has 0 saturated carbocycles. The predicted octanol–water partition coefficient (Wildman–Crippen LogP) is 1.68. The van der Waals surface area contributed by atoms with Crippen molar-refractivity contribution >= 4 is 23.2 Å². The molecular weight excluding hydrogens is 262 g/mol. The van der Waals surface area contributed by atoms with Crippen LogP contribution in [-0.2, 0) is 4.74 Å². The molecule has 0 amide bonds. The van der Waals surface area contributed by atoms with Crippen LogP contribution in [-0.4, -0.2) is 27.3 Å². The molecule has 98 valence electrons. The van der Waals surface area contributed by atoms with E-state index in [1.54, 1.807) is 17.8 Å². The topological polar surface area (TPSA) is 70.1 Å². The normalized spacial score (nSPS) is 10.2. The van der Waals surface area contributed by atoms with Crippen molar-refractivity contribution in [3.05, 3.63) is 47.8 Å². The second-order valence-corrected chi connectivity index (χ2v) is 4.22. The quantitative estimate of drug-likeness (QED) is 0.679. The summed E-state index contributed by atoms with van der Waals surface area (Å²) in [5, 5.41) is 4.13. The fourth-order valence-corrected chi connectivity index (χ4v) is 1.83. The molecule has 0 spiro atoms. The molecule has 0 unspecified atom stereocenters. The van der Waals surface area contributed by atoms with Crippen LogP contribution in [0, 0.1) is 0 Å². The summed E-state index contributed by atoms with van der Waals surface area (Å²) in [6.45, 7) is 2.08. The van der Waals surface area contributed by atoms with Crippen LogP contribution in [0.15, 0.2) is 36.7 Å². The number of hydrogen-bond acceptors (Lipinski definition) is 4. The van der Waals surface area contributed by atoms with E-state index in [9.17, 15) is 4.79 Å². The Morgan fingerprint density at radius 3 is 2.89 bits per heavy atom. The summed E-state index contributed by atoms with van der Waals surface area (Å²) in [5.41, 5.74) is 7.49. The minimum absolute atomic E-state index is 0.281. The number of para-hydroxylation sites is 1. The largest absolute Gasteiger partial charge is 0.462 e. The molecule has 1 heterocycles. The third kappa shape index (κ3) is 2.79. The molecule has 6 heteroatoms. The molecule has 0 fully saturated rings. The van der Waals surface area contributed by atoms with Gasteiger partial charge in [-0.05, 0) is 19.1 Å². The number of rotatable bonds is 4. The molecule has 0 aliphatic carbocycles. The molecule has 0 radical (unpaired) electrons. The van der Waals surface area contributed by atoms with E-state index in [-0.39, 0.29) is 4.99 Å². The highest BCUT2D eigenvalue weighted by Crippen LogP contribution is 2.14. The number of aromatic nitrogens is 2. The Balaban J connectivity index is 2.38. The van der Waals surface area contributed by atoms with Gasteiger partial charge in [-0.2, -0.15) is 5.10 Å². The molecule has 2 rings (SSSR count). The molecule has 2 N–H and O–H groups in total. The van der Waals surface area contributed by atoms with Crippen LogP contribution in [0.1, 0.15) is 22.8 Å². The summed E-state index contributed by atoms with van der Waals surface area (Å²) in [6, 6.07) is 7.33. The Bertz CT molecular complexity index is 622. The zero-order valence-electron chi connectivity index (χ0n) is 10.4. The highest BCUT2D eigenvalue weighted by atomic mass is 32.1. The highest BCUT2D eigenvalue weighted by molar-refractivity contribution is 7.80. The van der Waals surface area contributed by atoms with E-state index in [0.717, 1.165) is 5.69 Å². The maximum Gasteiger partial charge on any atom is 0.341 e. The molecule has 2 aromatic rings. The number of carbonyl (C=O) groups excluding carboxylic acids is 1. The number of ether oxygens (including phenoxy) is 1. The molecule has 1 aromatic carbocycles. The number of carbonyl (C=O) groups is 1.